The second-order valence-corrected chi connectivity index (χ2v) is 4.77. The van der Waals surface area contributed by atoms with Crippen molar-refractivity contribution >= 4 is 28.4 Å². The number of carbonyl (C=O) groups is 1. The number of aromatic carboxylic acids is 1. The van der Waals surface area contributed by atoms with Gasteiger partial charge in [0.25, 0.3) is 0 Å². The van der Waals surface area contributed by atoms with Crippen LogP contribution in [0.1, 0.15) is 10.4 Å². The summed E-state index contributed by atoms with van der Waals surface area (Å²) < 4.78 is 5.16. The molecule has 0 saturated carbocycles. The molecule has 0 aliphatic carbocycles. The SMILES string of the molecule is COc1ccc2c(Nc3ccc(O)c(C(=O)O)c3)ncnc2c1. The fourth-order valence-electron chi connectivity index (χ4n) is 2.19. The number of carboxylic acid groups (broad SMARTS) is 1. The molecular weight excluding hydrogens is 298 g/mol. The lowest BCUT2D eigenvalue weighted by atomic mass is 10.1. The van der Waals surface area contributed by atoms with Gasteiger partial charge in [-0.1, -0.05) is 0 Å². The van der Waals surface area contributed by atoms with E-state index >= 15 is 0 Å². The number of fused-ring (bicyclic) bond motifs is 1. The number of phenols is 1. The lowest BCUT2D eigenvalue weighted by Gasteiger charge is -2.10. The first-order valence-electron chi connectivity index (χ1n) is 6.70. The highest BCUT2D eigenvalue weighted by molar-refractivity contribution is 5.94. The standard InChI is InChI=1S/C16H13N3O4/c1-23-10-3-4-11-13(7-10)17-8-18-15(11)19-9-2-5-14(20)12(6-9)16(21)22/h2-8,20H,1H3,(H,21,22)(H,17,18,19). The molecule has 0 aliphatic heterocycles. The van der Waals surface area contributed by atoms with E-state index in [9.17, 15) is 9.90 Å². The van der Waals surface area contributed by atoms with E-state index in [0.717, 1.165) is 5.39 Å². The van der Waals surface area contributed by atoms with E-state index in [-0.39, 0.29) is 11.3 Å². The largest absolute Gasteiger partial charge is 0.507 e. The molecule has 1 heterocycles. The Morgan fingerprint density at radius 2 is 2.00 bits per heavy atom. The molecular formula is C16H13N3O4. The van der Waals surface area contributed by atoms with Crippen LogP contribution in [0.25, 0.3) is 10.9 Å². The van der Waals surface area contributed by atoms with Gasteiger partial charge in [-0.3, -0.25) is 0 Å². The second-order valence-electron chi connectivity index (χ2n) is 4.77. The normalized spacial score (nSPS) is 10.5. The minimum atomic E-state index is -1.21. The summed E-state index contributed by atoms with van der Waals surface area (Å²) in [5.41, 5.74) is 1.00. The van der Waals surface area contributed by atoms with Crippen molar-refractivity contribution in [1.82, 2.24) is 9.97 Å². The van der Waals surface area contributed by atoms with Gasteiger partial charge in [0.05, 0.1) is 12.6 Å². The van der Waals surface area contributed by atoms with Gasteiger partial charge in [-0.15, -0.1) is 0 Å². The van der Waals surface area contributed by atoms with Crippen molar-refractivity contribution < 1.29 is 19.7 Å². The highest BCUT2D eigenvalue weighted by Gasteiger charge is 2.11. The molecule has 7 nitrogen and oxygen atoms in total. The summed E-state index contributed by atoms with van der Waals surface area (Å²) in [6, 6.07) is 9.61. The molecule has 0 bridgehead atoms. The van der Waals surface area contributed by atoms with Crippen LogP contribution >= 0.6 is 0 Å². The van der Waals surface area contributed by atoms with Crippen LogP contribution in [-0.2, 0) is 0 Å². The number of nitrogens with one attached hydrogen (secondary N) is 1. The summed E-state index contributed by atoms with van der Waals surface area (Å²) in [5, 5.41) is 22.4. The number of hydrogen-bond acceptors (Lipinski definition) is 6. The van der Waals surface area contributed by atoms with Crippen molar-refractivity contribution in [2.24, 2.45) is 0 Å². The molecule has 0 spiro atoms. The summed E-state index contributed by atoms with van der Waals surface area (Å²) >= 11 is 0. The lowest BCUT2D eigenvalue weighted by Crippen LogP contribution is -2.00. The predicted molar refractivity (Wildman–Crippen MR) is 84.4 cm³/mol. The Morgan fingerprint density at radius 3 is 2.74 bits per heavy atom. The van der Waals surface area contributed by atoms with Gasteiger partial charge in [0.15, 0.2) is 0 Å². The van der Waals surface area contributed by atoms with E-state index in [1.165, 1.54) is 18.5 Å². The van der Waals surface area contributed by atoms with Crippen LogP contribution < -0.4 is 10.1 Å². The molecule has 0 saturated heterocycles. The number of methoxy groups -OCH3 is 1. The average Bonchev–Trinajstić information content (AvgIpc) is 2.56. The number of rotatable bonds is 4. The Morgan fingerprint density at radius 1 is 1.17 bits per heavy atom. The maximum absolute atomic E-state index is 11.1. The molecule has 0 amide bonds. The third-order valence-electron chi connectivity index (χ3n) is 3.33. The predicted octanol–water partition coefficient (Wildman–Crippen LogP) is 2.79. The van der Waals surface area contributed by atoms with E-state index in [4.69, 9.17) is 9.84 Å². The number of aromatic nitrogens is 2. The number of nitrogens with zero attached hydrogens (tertiary/aromatic N) is 2. The van der Waals surface area contributed by atoms with Crippen molar-refractivity contribution in [2.45, 2.75) is 0 Å². The topological polar surface area (TPSA) is 105 Å². The van der Waals surface area contributed by atoms with Crippen LogP contribution in [0.15, 0.2) is 42.7 Å². The fraction of sp³-hybridized carbons (Fsp3) is 0.0625. The van der Waals surface area contributed by atoms with Gasteiger partial charge >= 0.3 is 5.97 Å². The summed E-state index contributed by atoms with van der Waals surface area (Å²) in [6.45, 7) is 0. The van der Waals surface area contributed by atoms with Crippen molar-refractivity contribution in [3.8, 4) is 11.5 Å². The maximum atomic E-state index is 11.1. The van der Waals surface area contributed by atoms with Gasteiger partial charge in [-0.25, -0.2) is 14.8 Å². The molecule has 23 heavy (non-hydrogen) atoms. The molecule has 0 atom stereocenters. The van der Waals surface area contributed by atoms with Gasteiger partial charge in [-0.2, -0.15) is 0 Å². The molecule has 1 aromatic heterocycles. The molecule has 0 unspecified atom stereocenters. The monoisotopic (exact) mass is 311 g/mol. The van der Waals surface area contributed by atoms with Crippen molar-refractivity contribution in [1.29, 1.82) is 0 Å². The minimum Gasteiger partial charge on any atom is -0.507 e. The molecule has 2 aromatic carbocycles. The number of carboxylic acids is 1. The number of benzene rings is 2. The van der Waals surface area contributed by atoms with Gasteiger partial charge < -0.3 is 20.3 Å². The molecule has 3 N–H and O–H groups in total. The summed E-state index contributed by atoms with van der Waals surface area (Å²) in [4.78, 5) is 19.5. The van der Waals surface area contributed by atoms with Gasteiger partial charge in [0.1, 0.15) is 29.2 Å². The van der Waals surface area contributed by atoms with Crippen LogP contribution in [0.3, 0.4) is 0 Å². The molecule has 0 aliphatic rings. The third-order valence-corrected chi connectivity index (χ3v) is 3.33. The van der Waals surface area contributed by atoms with E-state index in [0.29, 0.717) is 22.8 Å². The first-order chi connectivity index (χ1) is 11.1. The number of hydrogen-bond donors (Lipinski definition) is 3. The molecule has 7 heteroatoms. The summed E-state index contributed by atoms with van der Waals surface area (Å²) in [6.07, 6.45) is 1.41. The Kier molecular flexibility index (Phi) is 3.68. The first kappa shape index (κ1) is 14.6. The highest BCUT2D eigenvalue weighted by atomic mass is 16.5. The van der Waals surface area contributed by atoms with E-state index in [1.54, 1.807) is 25.3 Å². The van der Waals surface area contributed by atoms with Crippen LogP contribution in [0.4, 0.5) is 11.5 Å². The van der Waals surface area contributed by atoms with Gasteiger partial charge in [0, 0.05) is 17.1 Å². The Balaban J connectivity index is 2.02. The second kappa shape index (κ2) is 5.80. The average molecular weight is 311 g/mol. The third kappa shape index (κ3) is 2.84. The lowest BCUT2D eigenvalue weighted by molar-refractivity contribution is 0.0694. The zero-order chi connectivity index (χ0) is 16.4. The summed E-state index contributed by atoms with van der Waals surface area (Å²) in [7, 11) is 1.57. The molecule has 0 fully saturated rings. The van der Waals surface area contributed by atoms with E-state index in [1.807, 2.05) is 6.07 Å². The molecule has 3 rings (SSSR count). The van der Waals surface area contributed by atoms with Crippen LogP contribution in [-0.4, -0.2) is 33.3 Å². The number of aromatic hydroxyl groups is 1. The van der Waals surface area contributed by atoms with Crippen LogP contribution in [0.5, 0.6) is 11.5 Å². The molecule has 116 valence electrons. The maximum Gasteiger partial charge on any atom is 0.339 e. The zero-order valence-electron chi connectivity index (χ0n) is 12.1. The van der Waals surface area contributed by atoms with E-state index in [2.05, 4.69) is 15.3 Å². The minimum absolute atomic E-state index is 0.185. The van der Waals surface area contributed by atoms with Crippen molar-refractivity contribution in [2.75, 3.05) is 12.4 Å². The zero-order valence-corrected chi connectivity index (χ0v) is 12.1. The Bertz CT molecular complexity index is 896. The summed E-state index contributed by atoms with van der Waals surface area (Å²) in [5.74, 6) is -0.289. The fourth-order valence-corrected chi connectivity index (χ4v) is 2.19. The van der Waals surface area contributed by atoms with Crippen LogP contribution in [0, 0.1) is 0 Å². The highest BCUT2D eigenvalue weighted by Crippen LogP contribution is 2.28. The van der Waals surface area contributed by atoms with Gasteiger partial charge in [0.2, 0.25) is 0 Å². The number of ether oxygens (including phenoxy) is 1. The van der Waals surface area contributed by atoms with Crippen molar-refractivity contribution in [3.05, 3.63) is 48.3 Å². The first-order valence-corrected chi connectivity index (χ1v) is 6.70. The Labute approximate surface area is 131 Å². The molecule has 3 aromatic rings. The quantitative estimate of drug-likeness (QED) is 0.636. The van der Waals surface area contributed by atoms with E-state index < -0.39 is 5.97 Å². The van der Waals surface area contributed by atoms with Gasteiger partial charge in [-0.05, 0) is 30.3 Å². The smallest absolute Gasteiger partial charge is 0.339 e. The molecule has 0 radical (unpaired) electrons. The Hall–Kier alpha value is -3.35. The van der Waals surface area contributed by atoms with Crippen LogP contribution in [0.2, 0.25) is 0 Å². The van der Waals surface area contributed by atoms with Crippen molar-refractivity contribution in [3.63, 3.8) is 0 Å². The number of anilines is 2.